The van der Waals surface area contributed by atoms with Crippen LogP contribution in [0.4, 0.5) is 5.69 Å². The number of halogens is 2. The van der Waals surface area contributed by atoms with Crippen LogP contribution >= 0.6 is 39.3 Å². The van der Waals surface area contributed by atoms with Crippen LogP contribution in [-0.2, 0) is 15.3 Å². The molecule has 6 heteroatoms. The Hall–Kier alpha value is -1.30. The number of benzene rings is 2. The molecular formula is C17H13BrClNO2S. The third-order valence-electron chi connectivity index (χ3n) is 3.55. The number of imide groups is 1. The molecule has 118 valence electrons. The Balaban J connectivity index is 1.68. The van der Waals surface area contributed by atoms with Gasteiger partial charge in [-0.1, -0.05) is 39.7 Å². The summed E-state index contributed by atoms with van der Waals surface area (Å²) in [6.45, 7) is 0. The molecule has 0 bridgehead atoms. The van der Waals surface area contributed by atoms with E-state index in [0.29, 0.717) is 16.5 Å². The highest BCUT2D eigenvalue weighted by molar-refractivity contribution is 9.10. The van der Waals surface area contributed by atoms with Crippen LogP contribution in [0.5, 0.6) is 0 Å². The third-order valence-corrected chi connectivity index (χ3v) is 5.61. The van der Waals surface area contributed by atoms with Crippen LogP contribution in [0.3, 0.4) is 0 Å². The molecule has 0 spiro atoms. The lowest BCUT2D eigenvalue weighted by Gasteiger charge is -2.15. The second-order valence-corrected chi connectivity index (χ2v) is 7.72. The van der Waals surface area contributed by atoms with Crippen molar-refractivity contribution < 1.29 is 9.59 Å². The lowest BCUT2D eigenvalue weighted by atomic mass is 10.2. The van der Waals surface area contributed by atoms with Gasteiger partial charge in [-0.25, -0.2) is 4.90 Å². The quantitative estimate of drug-likeness (QED) is 0.688. The topological polar surface area (TPSA) is 37.4 Å². The van der Waals surface area contributed by atoms with Gasteiger partial charge in [0.05, 0.1) is 10.9 Å². The van der Waals surface area contributed by atoms with E-state index in [1.807, 2.05) is 36.4 Å². The van der Waals surface area contributed by atoms with Crippen LogP contribution < -0.4 is 4.90 Å². The van der Waals surface area contributed by atoms with Crippen LogP contribution in [0, 0.1) is 0 Å². The predicted molar refractivity (Wildman–Crippen MR) is 97.8 cm³/mol. The fourth-order valence-electron chi connectivity index (χ4n) is 2.37. The van der Waals surface area contributed by atoms with Gasteiger partial charge in [0.25, 0.3) is 0 Å². The zero-order valence-electron chi connectivity index (χ0n) is 12.0. The van der Waals surface area contributed by atoms with Crippen LogP contribution in [0.15, 0.2) is 53.0 Å². The van der Waals surface area contributed by atoms with Gasteiger partial charge < -0.3 is 0 Å². The second kappa shape index (κ2) is 7.07. The third kappa shape index (κ3) is 3.79. The van der Waals surface area contributed by atoms with Gasteiger partial charge >= 0.3 is 0 Å². The van der Waals surface area contributed by atoms with E-state index in [1.165, 1.54) is 16.7 Å². The molecule has 0 N–H and O–H groups in total. The van der Waals surface area contributed by atoms with E-state index < -0.39 is 0 Å². The molecule has 0 saturated carbocycles. The first kappa shape index (κ1) is 16.6. The second-order valence-electron chi connectivity index (χ2n) is 5.17. The minimum atomic E-state index is -0.332. The maximum Gasteiger partial charge on any atom is 0.247 e. The summed E-state index contributed by atoms with van der Waals surface area (Å²) < 4.78 is 0.911. The number of carbonyl (C=O) groups is 2. The zero-order valence-corrected chi connectivity index (χ0v) is 15.2. The van der Waals surface area contributed by atoms with Crippen molar-refractivity contribution in [3.05, 3.63) is 63.6 Å². The molecule has 0 unspecified atom stereocenters. The van der Waals surface area contributed by atoms with Crippen molar-refractivity contribution in [2.45, 2.75) is 17.4 Å². The lowest BCUT2D eigenvalue weighted by molar-refractivity contribution is -0.121. The fraction of sp³-hybridized carbons (Fsp3) is 0.176. The Morgan fingerprint density at radius 3 is 2.39 bits per heavy atom. The average Bonchev–Trinajstić information content (AvgIpc) is 2.82. The van der Waals surface area contributed by atoms with Crippen molar-refractivity contribution >= 4 is 56.8 Å². The summed E-state index contributed by atoms with van der Waals surface area (Å²) in [5.74, 6) is 0.386. The highest BCUT2D eigenvalue weighted by Gasteiger charge is 2.39. The molecule has 23 heavy (non-hydrogen) atoms. The van der Waals surface area contributed by atoms with Gasteiger partial charge in [-0.2, -0.15) is 0 Å². The highest BCUT2D eigenvalue weighted by Crippen LogP contribution is 2.32. The summed E-state index contributed by atoms with van der Waals surface area (Å²) in [5, 5.41) is 0.356. The van der Waals surface area contributed by atoms with E-state index in [0.717, 1.165) is 10.0 Å². The smallest absolute Gasteiger partial charge is 0.247 e. The fourth-order valence-corrected chi connectivity index (χ4v) is 3.86. The van der Waals surface area contributed by atoms with E-state index in [-0.39, 0.29) is 23.5 Å². The highest BCUT2D eigenvalue weighted by atomic mass is 79.9. The van der Waals surface area contributed by atoms with Gasteiger partial charge in [0.2, 0.25) is 11.8 Å². The molecule has 1 saturated heterocycles. The largest absolute Gasteiger partial charge is 0.274 e. The molecule has 1 fully saturated rings. The van der Waals surface area contributed by atoms with E-state index in [1.54, 1.807) is 12.1 Å². The van der Waals surface area contributed by atoms with Crippen molar-refractivity contribution in [2.24, 2.45) is 0 Å². The number of amides is 2. The molecule has 0 aromatic heterocycles. The number of hydrogen-bond donors (Lipinski definition) is 0. The molecule has 1 aliphatic rings. The van der Waals surface area contributed by atoms with Crippen LogP contribution in [0.25, 0.3) is 0 Å². The molecule has 1 heterocycles. The van der Waals surface area contributed by atoms with Crippen molar-refractivity contribution in [3.8, 4) is 0 Å². The molecule has 0 radical (unpaired) electrons. The molecule has 2 aromatic carbocycles. The van der Waals surface area contributed by atoms with Crippen LogP contribution in [-0.4, -0.2) is 17.1 Å². The van der Waals surface area contributed by atoms with Gasteiger partial charge in [0.1, 0.15) is 0 Å². The van der Waals surface area contributed by atoms with E-state index in [2.05, 4.69) is 15.9 Å². The summed E-state index contributed by atoms with van der Waals surface area (Å²) in [6.07, 6.45) is 0.243. The predicted octanol–water partition coefficient (Wildman–Crippen LogP) is 4.67. The van der Waals surface area contributed by atoms with Crippen molar-refractivity contribution in [3.63, 3.8) is 0 Å². The maximum atomic E-state index is 12.5. The van der Waals surface area contributed by atoms with E-state index in [9.17, 15) is 9.59 Å². The summed E-state index contributed by atoms with van der Waals surface area (Å²) in [4.78, 5) is 26.0. The molecule has 0 aliphatic carbocycles. The van der Waals surface area contributed by atoms with E-state index in [4.69, 9.17) is 11.6 Å². The Kier molecular flexibility index (Phi) is 5.09. The first-order valence-corrected chi connectivity index (χ1v) is 9.25. The standard InChI is InChI=1S/C17H13BrClNO2S/c18-12-3-7-14(8-4-12)20-16(21)9-15(17(20)22)23-10-11-1-5-13(19)6-2-11/h1-8,15H,9-10H2/t15-/m1/s1. The Morgan fingerprint density at radius 2 is 1.74 bits per heavy atom. The zero-order chi connectivity index (χ0) is 16.4. The van der Waals surface area contributed by atoms with Gasteiger partial charge in [-0.3, -0.25) is 9.59 Å². The number of rotatable bonds is 4. The van der Waals surface area contributed by atoms with Gasteiger partial charge in [0, 0.05) is 21.7 Å². The van der Waals surface area contributed by atoms with E-state index >= 15 is 0 Å². The van der Waals surface area contributed by atoms with Crippen LogP contribution in [0.1, 0.15) is 12.0 Å². The monoisotopic (exact) mass is 409 g/mol. The number of anilines is 1. The number of hydrogen-bond acceptors (Lipinski definition) is 3. The molecule has 2 aromatic rings. The molecule has 3 nitrogen and oxygen atoms in total. The molecule has 3 rings (SSSR count). The average molecular weight is 411 g/mol. The molecular weight excluding hydrogens is 398 g/mol. The number of carbonyl (C=O) groups excluding carboxylic acids is 2. The minimum Gasteiger partial charge on any atom is -0.274 e. The first-order valence-electron chi connectivity index (χ1n) is 7.03. The number of nitrogens with zero attached hydrogens (tertiary/aromatic N) is 1. The Bertz CT molecular complexity index is 733. The van der Waals surface area contributed by atoms with Crippen molar-refractivity contribution in [2.75, 3.05) is 4.90 Å². The summed E-state index contributed by atoms with van der Waals surface area (Å²) in [5.41, 5.74) is 1.71. The molecule has 1 aliphatic heterocycles. The van der Waals surface area contributed by atoms with Crippen molar-refractivity contribution in [1.82, 2.24) is 0 Å². The van der Waals surface area contributed by atoms with Gasteiger partial charge in [-0.15, -0.1) is 11.8 Å². The van der Waals surface area contributed by atoms with Crippen molar-refractivity contribution in [1.29, 1.82) is 0 Å². The number of thioether (sulfide) groups is 1. The normalized spacial score (nSPS) is 17.8. The minimum absolute atomic E-state index is 0.142. The van der Waals surface area contributed by atoms with Crippen LogP contribution in [0.2, 0.25) is 5.02 Å². The molecule has 1 atom stereocenters. The van der Waals surface area contributed by atoms with Gasteiger partial charge in [-0.05, 0) is 42.0 Å². The maximum absolute atomic E-state index is 12.5. The van der Waals surface area contributed by atoms with Gasteiger partial charge in [0.15, 0.2) is 0 Å². The Labute approximate surface area is 152 Å². The first-order chi connectivity index (χ1) is 11.0. The molecule has 2 amide bonds. The SMILES string of the molecule is O=C1C[C@@H](SCc2ccc(Cl)cc2)C(=O)N1c1ccc(Br)cc1. The summed E-state index contributed by atoms with van der Waals surface area (Å²) in [6, 6.07) is 14.7. The Morgan fingerprint density at radius 1 is 1.09 bits per heavy atom. The summed E-state index contributed by atoms with van der Waals surface area (Å²) >= 11 is 10.7. The lowest BCUT2D eigenvalue weighted by Crippen LogP contribution is -2.31. The summed E-state index contributed by atoms with van der Waals surface area (Å²) in [7, 11) is 0.